The second-order valence-corrected chi connectivity index (χ2v) is 5.89. The fourth-order valence-corrected chi connectivity index (χ4v) is 3.79. The van der Waals surface area contributed by atoms with Gasteiger partial charge in [0.05, 0.1) is 0 Å². The molecular weight excluding hydrogens is 270 g/mol. The van der Waals surface area contributed by atoms with Gasteiger partial charge >= 0.3 is 0 Å². The summed E-state index contributed by atoms with van der Waals surface area (Å²) in [5.74, 6) is 0. The summed E-state index contributed by atoms with van der Waals surface area (Å²) in [6.45, 7) is 3.98. The van der Waals surface area contributed by atoms with Gasteiger partial charge in [0, 0.05) is 18.1 Å². The lowest BCUT2D eigenvalue weighted by Gasteiger charge is -2.34. The van der Waals surface area contributed by atoms with E-state index in [9.17, 15) is 0 Å². The van der Waals surface area contributed by atoms with Crippen molar-refractivity contribution in [2.75, 3.05) is 0 Å². The van der Waals surface area contributed by atoms with E-state index < -0.39 is 0 Å². The number of hydrogen-bond donors (Lipinski definition) is 1. The average molecular weight is 291 g/mol. The molecule has 0 fully saturated rings. The topological polar surface area (TPSA) is 32.6 Å². The van der Waals surface area contributed by atoms with Crippen LogP contribution < -0.4 is 0 Å². The molecule has 0 radical (unpaired) electrons. The van der Waals surface area contributed by atoms with Gasteiger partial charge in [-0.1, -0.05) is 54.6 Å². The van der Waals surface area contributed by atoms with Crippen LogP contribution in [0.4, 0.5) is 0 Å². The van der Waals surface area contributed by atoms with Gasteiger partial charge in [0.2, 0.25) is 0 Å². The smallest absolute Gasteiger partial charge is 0.0448 e. The summed E-state index contributed by atoms with van der Waals surface area (Å²) in [6, 6.07) is 17.3. The number of aryl methyl sites for hydroxylation is 2. The van der Waals surface area contributed by atoms with Gasteiger partial charge in [0.1, 0.15) is 0 Å². The summed E-state index contributed by atoms with van der Waals surface area (Å²) in [7, 11) is 0. The molecule has 112 valence electrons. The molecule has 2 nitrogen and oxygen atoms in total. The van der Waals surface area contributed by atoms with Crippen LogP contribution in [0.3, 0.4) is 0 Å². The number of nitrogens with zero attached hydrogens (tertiary/aromatic N) is 1. The Labute approximate surface area is 131 Å². The van der Waals surface area contributed by atoms with Crippen LogP contribution in [0, 0.1) is 0 Å². The second kappa shape index (κ2) is 6.18. The van der Waals surface area contributed by atoms with Gasteiger partial charge in [-0.25, -0.2) is 0 Å². The lowest BCUT2D eigenvalue weighted by atomic mass is 9.68. The van der Waals surface area contributed by atoms with Gasteiger partial charge in [-0.15, -0.1) is 11.7 Å². The van der Waals surface area contributed by atoms with Crippen molar-refractivity contribution >= 4 is 6.21 Å². The number of oxime groups is 1. The highest BCUT2D eigenvalue weighted by Crippen LogP contribution is 2.44. The summed E-state index contributed by atoms with van der Waals surface area (Å²) in [6.07, 6.45) is 7.17. The molecule has 1 N–H and O–H groups in total. The van der Waals surface area contributed by atoms with Crippen molar-refractivity contribution in [3.8, 4) is 0 Å². The number of fused-ring (bicyclic) bond motifs is 2. The van der Waals surface area contributed by atoms with Crippen molar-refractivity contribution in [1.29, 1.82) is 0 Å². The first-order chi connectivity index (χ1) is 10.8. The quantitative estimate of drug-likeness (QED) is 0.382. The molecule has 2 heteroatoms. The molecule has 0 atom stereocenters. The number of hydrogen-bond acceptors (Lipinski definition) is 2. The Hall–Kier alpha value is -2.35. The Morgan fingerprint density at radius 1 is 0.955 bits per heavy atom. The molecule has 0 heterocycles. The molecule has 0 unspecified atom stereocenters. The van der Waals surface area contributed by atoms with E-state index >= 15 is 0 Å². The van der Waals surface area contributed by atoms with Crippen LogP contribution in [0.25, 0.3) is 0 Å². The van der Waals surface area contributed by atoms with Gasteiger partial charge in [-0.3, -0.25) is 0 Å². The van der Waals surface area contributed by atoms with E-state index in [-0.39, 0.29) is 5.41 Å². The largest absolute Gasteiger partial charge is 0.411 e. The maximum absolute atomic E-state index is 8.99. The van der Waals surface area contributed by atoms with Crippen molar-refractivity contribution in [3.05, 3.63) is 83.4 Å². The Kier molecular flexibility index (Phi) is 4.10. The fourth-order valence-electron chi connectivity index (χ4n) is 3.79. The van der Waals surface area contributed by atoms with Crippen LogP contribution in [0.1, 0.15) is 35.1 Å². The Morgan fingerprint density at radius 2 is 1.50 bits per heavy atom. The molecule has 1 aliphatic carbocycles. The summed E-state index contributed by atoms with van der Waals surface area (Å²) in [5.41, 5.74) is 5.23. The fraction of sp³-hybridized carbons (Fsp3) is 0.250. The maximum atomic E-state index is 8.99. The first-order valence-corrected chi connectivity index (χ1v) is 7.75. The standard InChI is InChI=1S/C20H21NO/c1-2-13-20(14-15-21-22)18-9-5-3-7-16(18)11-12-17-8-4-6-10-19(17)20/h2-10,15,22H,1,11-14H2/b21-15+. The third kappa shape index (κ3) is 2.35. The highest BCUT2D eigenvalue weighted by Gasteiger charge is 2.37. The Bertz CT molecular complexity index is 655. The molecule has 0 amide bonds. The molecule has 3 rings (SSSR count). The molecule has 22 heavy (non-hydrogen) atoms. The Morgan fingerprint density at radius 3 is 2.00 bits per heavy atom. The monoisotopic (exact) mass is 291 g/mol. The van der Waals surface area contributed by atoms with Crippen LogP contribution in [0.5, 0.6) is 0 Å². The minimum absolute atomic E-state index is 0.197. The van der Waals surface area contributed by atoms with Crippen molar-refractivity contribution in [2.24, 2.45) is 5.16 Å². The first-order valence-electron chi connectivity index (χ1n) is 7.75. The van der Waals surface area contributed by atoms with Crippen molar-refractivity contribution in [2.45, 2.75) is 31.1 Å². The summed E-state index contributed by atoms with van der Waals surface area (Å²) in [5, 5.41) is 12.3. The molecule has 2 aromatic rings. The van der Waals surface area contributed by atoms with E-state index in [0.29, 0.717) is 6.42 Å². The molecule has 0 aliphatic heterocycles. The van der Waals surface area contributed by atoms with E-state index in [0.717, 1.165) is 19.3 Å². The summed E-state index contributed by atoms with van der Waals surface area (Å²) < 4.78 is 0. The van der Waals surface area contributed by atoms with E-state index in [1.54, 1.807) is 6.21 Å². The summed E-state index contributed by atoms with van der Waals surface area (Å²) in [4.78, 5) is 0. The molecule has 0 aromatic heterocycles. The van der Waals surface area contributed by atoms with E-state index in [4.69, 9.17) is 5.21 Å². The maximum Gasteiger partial charge on any atom is 0.0448 e. The first kappa shape index (κ1) is 14.6. The number of allylic oxidation sites excluding steroid dienone is 1. The van der Waals surface area contributed by atoms with Crippen LogP contribution >= 0.6 is 0 Å². The second-order valence-electron chi connectivity index (χ2n) is 5.89. The number of rotatable bonds is 4. The zero-order chi connectivity index (χ0) is 15.4. The van der Waals surface area contributed by atoms with Gasteiger partial charge in [-0.05, 0) is 41.5 Å². The van der Waals surface area contributed by atoms with Crippen molar-refractivity contribution < 1.29 is 5.21 Å². The van der Waals surface area contributed by atoms with Gasteiger partial charge in [-0.2, -0.15) is 0 Å². The van der Waals surface area contributed by atoms with Gasteiger partial charge in [0.15, 0.2) is 0 Å². The van der Waals surface area contributed by atoms with E-state index in [1.165, 1.54) is 22.3 Å². The molecule has 0 saturated heterocycles. The third-order valence-corrected chi connectivity index (χ3v) is 4.74. The minimum Gasteiger partial charge on any atom is -0.411 e. The Balaban J connectivity index is 2.30. The predicted octanol–water partition coefficient (Wildman–Crippen LogP) is 4.50. The van der Waals surface area contributed by atoms with Crippen molar-refractivity contribution in [1.82, 2.24) is 0 Å². The van der Waals surface area contributed by atoms with E-state index in [1.807, 2.05) is 6.08 Å². The van der Waals surface area contributed by atoms with Gasteiger partial charge < -0.3 is 5.21 Å². The van der Waals surface area contributed by atoms with Crippen LogP contribution in [0.15, 0.2) is 66.3 Å². The predicted molar refractivity (Wildman–Crippen MR) is 90.8 cm³/mol. The van der Waals surface area contributed by atoms with Crippen LogP contribution in [0.2, 0.25) is 0 Å². The molecule has 2 aromatic carbocycles. The lowest BCUT2D eigenvalue weighted by molar-refractivity contribution is 0.319. The number of benzene rings is 2. The van der Waals surface area contributed by atoms with Gasteiger partial charge in [0.25, 0.3) is 0 Å². The van der Waals surface area contributed by atoms with Crippen molar-refractivity contribution in [3.63, 3.8) is 0 Å². The normalized spacial score (nSPS) is 15.8. The van der Waals surface area contributed by atoms with Crippen LogP contribution in [-0.2, 0) is 18.3 Å². The SMILES string of the molecule is C=CCC1(C/C=N/O)c2ccccc2CCc2ccccc21. The average Bonchev–Trinajstić information content (AvgIpc) is 2.70. The molecule has 0 saturated carbocycles. The molecule has 1 aliphatic rings. The zero-order valence-corrected chi connectivity index (χ0v) is 12.7. The zero-order valence-electron chi connectivity index (χ0n) is 12.7. The lowest BCUT2D eigenvalue weighted by Crippen LogP contribution is -2.29. The third-order valence-electron chi connectivity index (χ3n) is 4.74. The molecule has 0 spiro atoms. The van der Waals surface area contributed by atoms with Crippen LogP contribution in [-0.4, -0.2) is 11.4 Å². The minimum atomic E-state index is -0.197. The van der Waals surface area contributed by atoms with E-state index in [2.05, 4.69) is 60.3 Å². The highest BCUT2D eigenvalue weighted by atomic mass is 16.4. The summed E-state index contributed by atoms with van der Waals surface area (Å²) >= 11 is 0. The highest BCUT2D eigenvalue weighted by molar-refractivity contribution is 5.64. The molecule has 0 bridgehead atoms. The molecular formula is C20H21NO.